The smallest absolute Gasteiger partial charge is 0.223 e. The van der Waals surface area contributed by atoms with Crippen molar-refractivity contribution in [1.29, 1.82) is 0 Å². The zero-order chi connectivity index (χ0) is 12.7. The lowest BCUT2D eigenvalue weighted by Gasteiger charge is -2.28. The first-order valence-corrected chi connectivity index (χ1v) is 7.90. The van der Waals surface area contributed by atoms with Crippen molar-refractivity contribution in [2.45, 2.75) is 52.1 Å². The molecular formula is C13H27ClN2OS. The molecule has 3 atom stereocenters. The lowest BCUT2D eigenvalue weighted by Crippen LogP contribution is -2.44. The molecule has 1 rings (SSSR count). The number of amides is 1. The number of piperidine rings is 1. The molecule has 1 aliphatic heterocycles. The highest BCUT2D eigenvalue weighted by Gasteiger charge is 2.25. The SMILES string of the molecule is CCSCCC(C)NC(=O)[C@H]1CCN[C@@H](C)C1.Cl. The molecule has 108 valence electrons. The van der Waals surface area contributed by atoms with Crippen molar-refractivity contribution >= 4 is 30.1 Å². The first-order valence-electron chi connectivity index (χ1n) is 6.75. The molecule has 1 aliphatic rings. The average molecular weight is 295 g/mol. The number of rotatable bonds is 6. The molecule has 0 radical (unpaired) electrons. The molecule has 1 saturated heterocycles. The summed E-state index contributed by atoms with van der Waals surface area (Å²) in [5.74, 6) is 2.77. The first kappa shape index (κ1) is 18.1. The van der Waals surface area contributed by atoms with Crippen molar-refractivity contribution < 1.29 is 4.79 Å². The number of nitrogens with one attached hydrogen (secondary N) is 2. The zero-order valence-corrected chi connectivity index (χ0v) is 13.3. The summed E-state index contributed by atoms with van der Waals surface area (Å²) in [6.07, 6.45) is 3.03. The normalized spacial score (nSPS) is 25.1. The van der Waals surface area contributed by atoms with Crippen molar-refractivity contribution in [2.24, 2.45) is 5.92 Å². The molecule has 0 aliphatic carbocycles. The van der Waals surface area contributed by atoms with E-state index in [-0.39, 0.29) is 24.2 Å². The summed E-state index contributed by atoms with van der Waals surface area (Å²) < 4.78 is 0. The van der Waals surface area contributed by atoms with Gasteiger partial charge in [0, 0.05) is 18.0 Å². The maximum Gasteiger partial charge on any atom is 0.223 e. The second-order valence-corrected chi connectivity index (χ2v) is 6.37. The molecule has 1 amide bonds. The van der Waals surface area contributed by atoms with Gasteiger partial charge in [-0.15, -0.1) is 12.4 Å². The summed E-state index contributed by atoms with van der Waals surface area (Å²) in [5.41, 5.74) is 0. The van der Waals surface area contributed by atoms with Crippen LogP contribution in [0, 0.1) is 5.92 Å². The van der Waals surface area contributed by atoms with Crippen LogP contribution >= 0.6 is 24.2 Å². The Morgan fingerprint density at radius 2 is 2.28 bits per heavy atom. The Kier molecular flexibility index (Phi) is 9.97. The molecule has 3 nitrogen and oxygen atoms in total. The van der Waals surface area contributed by atoms with E-state index in [1.54, 1.807) is 0 Å². The second kappa shape index (κ2) is 9.93. The van der Waals surface area contributed by atoms with Gasteiger partial charge >= 0.3 is 0 Å². The number of carbonyl (C=O) groups is 1. The highest BCUT2D eigenvalue weighted by atomic mass is 35.5. The van der Waals surface area contributed by atoms with E-state index in [4.69, 9.17) is 0 Å². The van der Waals surface area contributed by atoms with Gasteiger partial charge in [0.15, 0.2) is 0 Å². The van der Waals surface area contributed by atoms with Gasteiger partial charge in [-0.3, -0.25) is 4.79 Å². The molecule has 0 aromatic rings. The summed E-state index contributed by atoms with van der Waals surface area (Å²) in [6.45, 7) is 7.41. The van der Waals surface area contributed by atoms with Crippen molar-refractivity contribution in [2.75, 3.05) is 18.1 Å². The minimum atomic E-state index is 0. The van der Waals surface area contributed by atoms with Crippen molar-refractivity contribution in [1.82, 2.24) is 10.6 Å². The molecule has 1 fully saturated rings. The first-order chi connectivity index (χ1) is 8.13. The molecule has 1 unspecified atom stereocenters. The van der Waals surface area contributed by atoms with Crippen LogP contribution in [-0.2, 0) is 4.79 Å². The number of thioether (sulfide) groups is 1. The monoisotopic (exact) mass is 294 g/mol. The Labute approximate surface area is 122 Å². The lowest BCUT2D eigenvalue weighted by atomic mass is 9.92. The van der Waals surface area contributed by atoms with Gasteiger partial charge in [0.25, 0.3) is 0 Å². The molecule has 1 heterocycles. The quantitative estimate of drug-likeness (QED) is 0.740. The van der Waals surface area contributed by atoms with Crippen LogP contribution in [0.5, 0.6) is 0 Å². The van der Waals surface area contributed by atoms with E-state index in [2.05, 4.69) is 31.4 Å². The maximum atomic E-state index is 12.0. The molecule has 0 aromatic heterocycles. The Bertz CT molecular complexity index is 241. The largest absolute Gasteiger partial charge is 0.353 e. The zero-order valence-electron chi connectivity index (χ0n) is 11.7. The maximum absolute atomic E-state index is 12.0. The Balaban J connectivity index is 0.00000289. The van der Waals surface area contributed by atoms with Crippen LogP contribution < -0.4 is 10.6 Å². The van der Waals surface area contributed by atoms with E-state index in [1.165, 1.54) is 0 Å². The number of hydrogen-bond donors (Lipinski definition) is 2. The molecule has 0 spiro atoms. The van der Waals surface area contributed by atoms with Gasteiger partial charge in [-0.1, -0.05) is 6.92 Å². The Hall–Kier alpha value is 0.0700. The third-order valence-corrected chi connectivity index (χ3v) is 4.22. The predicted molar refractivity (Wildman–Crippen MR) is 82.7 cm³/mol. The summed E-state index contributed by atoms with van der Waals surface area (Å²) in [7, 11) is 0. The van der Waals surface area contributed by atoms with Crippen LogP contribution in [0.4, 0.5) is 0 Å². The van der Waals surface area contributed by atoms with Crippen molar-refractivity contribution in [3.8, 4) is 0 Å². The minimum Gasteiger partial charge on any atom is -0.353 e. The van der Waals surface area contributed by atoms with Gasteiger partial charge in [-0.25, -0.2) is 0 Å². The number of carbonyl (C=O) groups excluding carboxylic acids is 1. The topological polar surface area (TPSA) is 41.1 Å². The Morgan fingerprint density at radius 1 is 1.56 bits per heavy atom. The van der Waals surface area contributed by atoms with Crippen LogP contribution in [0.1, 0.15) is 40.0 Å². The predicted octanol–water partition coefficient (Wildman–Crippen LogP) is 2.44. The fourth-order valence-corrected chi connectivity index (χ4v) is 3.02. The van der Waals surface area contributed by atoms with Gasteiger partial charge < -0.3 is 10.6 Å². The summed E-state index contributed by atoms with van der Waals surface area (Å²) in [6, 6.07) is 0.789. The molecule has 18 heavy (non-hydrogen) atoms. The highest BCUT2D eigenvalue weighted by Crippen LogP contribution is 2.16. The van der Waals surface area contributed by atoms with Crippen molar-refractivity contribution in [3.05, 3.63) is 0 Å². The van der Waals surface area contributed by atoms with E-state index in [1.807, 2.05) is 11.8 Å². The Morgan fingerprint density at radius 3 is 2.89 bits per heavy atom. The van der Waals surface area contributed by atoms with Crippen LogP contribution in [0.25, 0.3) is 0 Å². The number of halogens is 1. The van der Waals surface area contributed by atoms with E-state index >= 15 is 0 Å². The average Bonchev–Trinajstić information content (AvgIpc) is 2.29. The summed E-state index contributed by atoms with van der Waals surface area (Å²) >= 11 is 1.94. The van der Waals surface area contributed by atoms with E-state index in [0.29, 0.717) is 12.1 Å². The van der Waals surface area contributed by atoms with Gasteiger partial charge in [0.2, 0.25) is 5.91 Å². The standard InChI is InChI=1S/C13H26N2OS.ClH/c1-4-17-8-6-10(2)15-13(16)12-5-7-14-11(3)9-12;/h10-12,14H,4-9H2,1-3H3,(H,15,16);1H/t10?,11-,12-;/m0./s1. The van der Waals surface area contributed by atoms with Gasteiger partial charge in [0.05, 0.1) is 0 Å². The molecule has 0 saturated carbocycles. The molecule has 0 bridgehead atoms. The highest BCUT2D eigenvalue weighted by molar-refractivity contribution is 7.99. The van der Waals surface area contributed by atoms with Crippen LogP contribution in [0.15, 0.2) is 0 Å². The van der Waals surface area contributed by atoms with Gasteiger partial charge in [0.1, 0.15) is 0 Å². The molecule has 0 aromatic carbocycles. The van der Waals surface area contributed by atoms with Gasteiger partial charge in [-0.2, -0.15) is 11.8 Å². The van der Waals surface area contributed by atoms with E-state index < -0.39 is 0 Å². The van der Waals surface area contributed by atoms with E-state index in [9.17, 15) is 4.79 Å². The number of hydrogen-bond acceptors (Lipinski definition) is 3. The summed E-state index contributed by atoms with van der Waals surface area (Å²) in [4.78, 5) is 12.0. The van der Waals surface area contributed by atoms with Crippen LogP contribution in [0.3, 0.4) is 0 Å². The minimum absolute atomic E-state index is 0. The van der Waals surface area contributed by atoms with Crippen LogP contribution in [-0.4, -0.2) is 36.0 Å². The second-order valence-electron chi connectivity index (χ2n) is 4.97. The van der Waals surface area contributed by atoms with E-state index in [0.717, 1.165) is 37.3 Å². The third kappa shape index (κ3) is 6.86. The molecular weight excluding hydrogens is 268 g/mol. The fraction of sp³-hybridized carbons (Fsp3) is 0.923. The van der Waals surface area contributed by atoms with Crippen molar-refractivity contribution in [3.63, 3.8) is 0 Å². The third-order valence-electron chi connectivity index (χ3n) is 3.28. The lowest BCUT2D eigenvalue weighted by molar-refractivity contribution is -0.126. The summed E-state index contributed by atoms with van der Waals surface area (Å²) in [5, 5.41) is 6.53. The fourth-order valence-electron chi connectivity index (χ4n) is 2.21. The van der Waals surface area contributed by atoms with Crippen LogP contribution in [0.2, 0.25) is 0 Å². The molecule has 5 heteroatoms. The van der Waals surface area contributed by atoms with Gasteiger partial charge in [-0.05, 0) is 51.2 Å². The molecule has 2 N–H and O–H groups in total.